The van der Waals surface area contributed by atoms with E-state index in [9.17, 15) is 0 Å². The molecule has 0 amide bonds. The third-order valence-corrected chi connectivity index (χ3v) is 8.03. The summed E-state index contributed by atoms with van der Waals surface area (Å²) in [5, 5.41) is 0. The lowest BCUT2D eigenvalue weighted by Gasteiger charge is -2.18. The average Bonchev–Trinajstić information content (AvgIpc) is 2.99. The van der Waals surface area contributed by atoms with Crippen molar-refractivity contribution in [3.63, 3.8) is 0 Å². The third-order valence-electron chi connectivity index (χ3n) is 8.03. The van der Waals surface area contributed by atoms with Gasteiger partial charge in [-0.25, -0.2) is 0 Å². The van der Waals surface area contributed by atoms with Crippen LogP contribution in [-0.4, -0.2) is 19.8 Å². The second kappa shape index (κ2) is 28.5. The molecule has 0 heterocycles. The van der Waals surface area contributed by atoms with Crippen LogP contribution in [0.25, 0.3) is 6.08 Å². The number of hydrogen-bond acceptors (Lipinski definition) is 3. The first-order valence-electron chi connectivity index (χ1n) is 18.0. The number of ether oxygens (including phenoxy) is 3. The van der Waals surface area contributed by atoms with Crippen molar-refractivity contribution in [1.82, 2.24) is 0 Å². The summed E-state index contributed by atoms with van der Waals surface area (Å²) < 4.78 is 19.1. The zero-order chi connectivity index (χ0) is 29.6. The van der Waals surface area contributed by atoms with Gasteiger partial charge in [0.2, 0.25) is 5.75 Å². The lowest BCUT2D eigenvalue weighted by atomic mass is 10.1. The maximum atomic E-state index is 6.39. The van der Waals surface area contributed by atoms with E-state index >= 15 is 0 Å². The Balaban J connectivity index is 2.61. The van der Waals surface area contributed by atoms with Crippen LogP contribution in [0.15, 0.2) is 18.7 Å². The zero-order valence-electron chi connectivity index (χ0n) is 27.8. The monoisotopic (exact) mass is 573 g/mol. The van der Waals surface area contributed by atoms with Gasteiger partial charge in [0.15, 0.2) is 11.5 Å². The van der Waals surface area contributed by atoms with Crippen molar-refractivity contribution < 1.29 is 14.2 Å². The number of rotatable bonds is 31. The first kappa shape index (κ1) is 37.4. The molecule has 3 nitrogen and oxygen atoms in total. The van der Waals surface area contributed by atoms with E-state index < -0.39 is 0 Å². The van der Waals surface area contributed by atoms with Crippen LogP contribution in [0.4, 0.5) is 0 Å². The van der Waals surface area contributed by atoms with Gasteiger partial charge in [0.1, 0.15) is 0 Å². The fourth-order valence-corrected chi connectivity index (χ4v) is 5.32. The smallest absolute Gasteiger partial charge is 0.203 e. The topological polar surface area (TPSA) is 27.7 Å². The molecule has 238 valence electrons. The fraction of sp³-hybridized carbons (Fsp3) is 0.789. The maximum Gasteiger partial charge on any atom is 0.203 e. The summed E-state index contributed by atoms with van der Waals surface area (Å²) in [6, 6.07) is 4.15. The molecule has 1 aromatic rings. The summed E-state index contributed by atoms with van der Waals surface area (Å²) in [6.07, 6.45) is 33.0. The first-order valence-corrected chi connectivity index (χ1v) is 18.0. The largest absolute Gasteiger partial charge is 0.490 e. The molecular formula is C38H68O3. The molecular weight excluding hydrogens is 504 g/mol. The van der Waals surface area contributed by atoms with Gasteiger partial charge < -0.3 is 14.2 Å². The third kappa shape index (κ3) is 20.8. The minimum Gasteiger partial charge on any atom is -0.490 e. The van der Waals surface area contributed by atoms with Crippen molar-refractivity contribution in [1.29, 1.82) is 0 Å². The molecule has 0 bridgehead atoms. The quantitative estimate of drug-likeness (QED) is 0.0828. The highest BCUT2D eigenvalue weighted by molar-refractivity contribution is 5.61. The minimum atomic E-state index is 0.713. The van der Waals surface area contributed by atoms with E-state index in [2.05, 4.69) is 39.5 Å². The van der Waals surface area contributed by atoms with Crippen molar-refractivity contribution in [2.45, 2.75) is 175 Å². The Morgan fingerprint density at radius 2 is 0.732 bits per heavy atom. The summed E-state index contributed by atoms with van der Waals surface area (Å²) in [7, 11) is 0. The van der Waals surface area contributed by atoms with E-state index in [1.54, 1.807) is 0 Å². The van der Waals surface area contributed by atoms with E-state index in [-0.39, 0.29) is 0 Å². The summed E-state index contributed by atoms with van der Waals surface area (Å²) in [4.78, 5) is 0. The molecule has 1 rings (SSSR count). The molecule has 0 saturated heterocycles. The summed E-state index contributed by atoms with van der Waals surface area (Å²) in [5.41, 5.74) is 1.03. The maximum absolute atomic E-state index is 6.39. The number of hydrogen-bond donors (Lipinski definition) is 0. The van der Waals surface area contributed by atoms with E-state index in [1.165, 1.54) is 135 Å². The van der Waals surface area contributed by atoms with Crippen LogP contribution in [0.1, 0.15) is 180 Å². The standard InChI is InChI=1S/C38H68O3/c1-5-9-12-15-18-21-24-27-30-39-36-33-35(8-4)34-37(40-31-28-25-22-19-16-13-10-6-2)38(36)41-32-29-26-23-20-17-14-11-7-3/h8,33-34H,4-7,9-32H2,1-3H3. The molecule has 0 saturated carbocycles. The van der Waals surface area contributed by atoms with E-state index in [0.29, 0.717) is 6.61 Å². The minimum absolute atomic E-state index is 0.713. The SMILES string of the molecule is C=Cc1cc(OCCCCCCCCCC)c(OCCCCCCCCCC)c(OCCCCCCCCCC)c1. The summed E-state index contributed by atoms with van der Waals surface area (Å²) in [6.45, 7) is 13.0. The lowest BCUT2D eigenvalue weighted by molar-refractivity contribution is 0.234. The van der Waals surface area contributed by atoms with E-state index in [0.717, 1.165) is 55.3 Å². The number of unbranched alkanes of at least 4 members (excludes halogenated alkanes) is 21. The predicted octanol–water partition coefficient (Wildman–Crippen LogP) is 12.9. The van der Waals surface area contributed by atoms with Gasteiger partial charge in [0, 0.05) is 0 Å². The lowest BCUT2D eigenvalue weighted by Crippen LogP contribution is -2.06. The molecule has 1 aromatic carbocycles. The van der Waals surface area contributed by atoms with Gasteiger partial charge in [-0.15, -0.1) is 0 Å². The highest BCUT2D eigenvalue weighted by Crippen LogP contribution is 2.40. The molecule has 0 fully saturated rings. The molecule has 0 atom stereocenters. The Hall–Kier alpha value is -1.64. The summed E-state index contributed by atoms with van der Waals surface area (Å²) in [5.74, 6) is 2.42. The van der Waals surface area contributed by atoms with Gasteiger partial charge in [0.05, 0.1) is 19.8 Å². The molecule has 0 aromatic heterocycles. The molecule has 0 aliphatic rings. The Labute approximate surface area is 256 Å². The number of benzene rings is 1. The van der Waals surface area contributed by atoms with E-state index in [1.807, 2.05) is 6.08 Å². The van der Waals surface area contributed by atoms with Crippen molar-refractivity contribution in [3.05, 3.63) is 24.3 Å². The Bertz CT molecular complexity index is 670. The van der Waals surface area contributed by atoms with E-state index in [4.69, 9.17) is 14.2 Å². The first-order chi connectivity index (χ1) is 20.3. The van der Waals surface area contributed by atoms with Crippen LogP contribution in [0, 0.1) is 0 Å². The Morgan fingerprint density at radius 1 is 0.439 bits per heavy atom. The molecule has 0 radical (unpaired) electrons. The molecule has 0 aliphatic heterocycles. The molecule has 3 heteroatoms. The van der Waals surface area contributed by atoms with Gasteiger partial charge >= 0.3 is 0 Å². The predicted molar refractivity (Wildman–Crippen MR) is 181 cm³/mol. The fourth-order valence-electron chi connectivity index (χ4n) is 5.32. The Morgan fingerprint density at radius 3 is 1.05 bits per heavy atom. The molecule has 0 unspecified atom stereocenters. The van der Waals surface area contributed by atoms with Gasteiger partial charge in [-0.2, -0.15) is 0 Å². The highest BCUT2D eigenvalue weighted by atomic mass is 16.5. The molecule has 0 N–H and O–H groups in total. The van der Waals surface area contributed by atoms with Crippen LogP contribution in [0.5, 0.6) is 17.2 Å². The van der Waals surface area contributed by atoms with Gasteiger partial charge in [0.25, 0.3) is 0 Å². The Kier molecular flexibility index (Phi) is 26.0. The second-order valence-corrected chi connectivity index (χ2v) is 12.0. The molecule has 41 heavy (non-hydrogen) atoms. The second-order valence-electron chi connectivity index (χ2n) is 12.0. The van der Waals surface area contributed by atoms with Crippen LogP contribution in [0.2, 0.25) is 0 Å². The van der Waals surface area contributed by atoms with Crippen LogP contribution in [-0.2, 0) is 0 Å². The zero-order valence-corrected chi connectivity index (χ0v) is 27.8. The van der Waals surface area contributed by atoms with Crippen LogP contribution in [0.3, 0.4) is 0 Å². The normalized spacial score (nSPS) is 11.1. The van der Waals surface area contributed by atoms with Crippen molar-refractivity contribution in [2.24, 2.45) is 0 Å². The summed E-state index contributed by atoms with van der Waals surface area (Å²) >= 11 is 0. The van der Waals surface area contributed by atoms with Crippen molar-refractivity contribution in [3.8, 4) is 17.2 Å². The van der Waals surface area contributed by atoms with Crippen molar-refractivity contribution in [2.75, 3.05) is 19.8 Å². The highest BCUT2D eigenvalue weighted by Gasteiger charge is 2.15. The van der Waals surface area contributed by atoms with Gasteiger partial charge in [-0.1, -0.05) is 168 Å². The van der Waals surface area contributed by atoms with Gasteiger partial charge in [-0.05, 0) is 37.0 Å². The van der Waals surface area contributed by atoms with Crippen LogP contribution < -0.4 is 14.2 Å². The van der Waals surface area contributed by atoms with Gasteiger partial charge in [-0.3, -0.25) is 0 Å². The van der Waals surface area contributed by atoms with Crippen molar-refractivity contribution >= 4 is 6.08 Å². The average molecular weight is 573 g/mol. The van der Waals surface area contributed by atoms with Crippen LogP contribution >= 0.6 is 0 Å². The molecule has 0 spiro atoms. The molecule has 0 aliphatic carbocycles.